The van der Waals surface area contributed by atoms with Gasteiger partial charge in [0, 0.05) is 12.0 Å². The van der Waals surface area contributed by atoms with Crippen molar-refractivity contribution in [3.63, 3.8) is 0 Å². The molecule has 1 N–H and O–H groups in total. The zero-order valence-corrected chi connectivity index (χ0v) is 10.5. The molecule has 0 radical (unpaired) electrons. The van der Waals surface area contributed by atoms with Crippen molar-refractivity contribution in [3.05, 3.63) is 71.8 Å². The molecule has 2 heteroatoms. The number of carbonyl (C=O) groups is 1. The molecule has 2 aromatic carbocycles. The number of rotatable bonds is 4. The topological polar surface area (TPSA) is 29.1 Å². The summed E-state index contributed by atoms with van der Waals surface area (Å²) in [6, 6.07) is 18.7. The number of benzene rings is 2. The summed E-state index contributed by atoms with van der Waals surface area (Å²) in [6.07, 6.45) is 6.12. The van der Waals surface area contributed by atoms with Gasteiger partial charge in [-0.25, -0.2) is 0 Å². The van der Waals surface area contributed by atoms with Crippen LogP contribution in [0.15, 0.2) is 60.7 Å². The van der Waals surface area contributed by atoms with E-state index in [2.05, 4.69) is 11.2 Å². The molecule has 0 bridgehead atoms. The third-order valence-corrected chi connectivity index (χ3v) is 2.83. The van der Waals surface area contributed by atoms with E-state index in [0.717, 1.165) is 5.56 Å². The second-order valence-electron chi connectivity index (χ2n) is 4.25. The highest BCUT2D eigenvalue weighted by atomic mass is 16.1. The first-order valence-electron chi connectivity index (χ1n) is 6.15. The monoisotopic (exact) mass is 249 g/mol. The summed E-state index contributed by atoms with van der Waals surface area (Å²) in [4.78, 5) is 12.0. The SMILES string of the molecule is C#C[C@H](Cc1ccccc1)NC(=O)c1ccccc1. The van der Waals surface area contributed by atoms with Gasteiger partial charge in [-0.2, -0.15) is 0 Å². The summed E-state index contributed by atoms with van der Waals surface area (Å²) in [5.41, 5.74) is 1.73. The molecule has 2 nitrogen and oxygen atoms in total. The van der Waals surface area contributed by atoms with E-state index in [-0.39, 0.29) is 11.9 Å². The summed E-state index contributed by atoms with van der Waals surface area (Å²) < 4.78 is 0. The first kappa shape index (κ1) is 12.9. The first-order chi connectivity index (χ1) is 9.29. The second-order valence-corrected chi connectivity index (χ2v) is 4.25. The lowest BCUT2D eigenvalue weighted by molar-refractivity contribution is 0.0945. The fourth-order valence-corrected chi connectivity index (χ4v) is 1.83. The highest BCUT2D eigenvalue weighted by molar-refractivity contribution is 5.94. The maximum absolute atomic E-state index is 12.0. The van der Waals surface area contributed by atoms with E-state index in [1.165, 1.54) is 0 Å². The van der Waals surface area contributed by atoms with Gasteiger partial charge in [0.1, 0.15) is 0 Å². The van der Waals surface area contributed by atoms with Gasteiger partial charge in [-0.3, -0.25) is 4.79 Å². The molecule has 94 valence electrons. The van der Waals surface area contributed by atoms with Crippen LogP contribution in [0.4, 0.5) is 0 Å². The minimum absolute atomic E-state index is 0.139. The first-order valence-corrected chi connectivity index (χ1v) is 6.15. The molecule has 0 aromatic heterocycles. The van der Waals surface area contributed by atoms with Gasteiger partial charge < -0.3 is 5.32 Å². The summed E-state index contributed by atoms with van der Waals surface area (Å²) >= 11 is 0. The quantitative estimate of drug-likeness (QED) is 0.829. The molecule has 19 heavy (non-hydrogen) atoms. The van der Waals surface area contributed by atoms with Crippen molar-refractivity contribution in [1.29, 1.82) is 0 Å². The molecule has 0 aliphatic rings. The van der Waals surface area contributed by atoms with Crippen LogP contribution < -0.4 is 5.32 Å². The maximum Gasteiger partial charge on any atom is 0.252 e. The molecule has 0 aliphatic carbocycles. The number of nitrogens with one attached hydrogen (secondary N) is 1. The van der Waals surface area contributed by atoms with E-state index in [1.807, 2.05) is 48.5 Å². The minimum atomic E-state index is -0.296. The summed E-state index contributed by atoms with van der Waals surface area (Å²) in [7, 11) is 0. The molecule has 0 spiro atoms. The lowest BCUT2D eigenvalue weighted by Gasteiger charge is -2.13. The normalized spacial score (nSPS) is 11.3. The Hall–Kier alpha value is -2.53. The zero-order valence-electron chi connectivity index (χ0n) is 10.5. The van der Waals surface area contributed by atoms with Gasteiger partial charge in [0.15, 0.2) is 0 Å². The molecule has 1 atom stereocenters. The van der Waals surface area contributed by atoms with E-state index >= 15 is 0 Å². The van der Waals surface area contributed by atoms with Gasteiger partial charge in [0.25, 0.3) is 5.91 Å². The number of amides is 1. The van der Waals surface area contributed by atoms with E-state index in [0.29, 0.717) is 12.0 Å². The van der Waals surface area contributed by atoms with Crippen molar-refractivity contribution in [2.75, 3.05) is 0 Å². The number of terminal acetylenes is 1. The van der Waals surface area contributed by atoms with Gasteiger partial charge >= 0.3 is 0 Å². The van der Waals surface area contributed by atoms with Gasteiger partial charge in [-0.05, 0) is 17.7 Å². The van der Waals surface area contributed by atoms with Crippen LogP contribution in [-0.4, -0.2) is 11.9 Å². The Bertz CT molecular complexity index is 569. The van der Waals surface area contributed by atoms with Crippen molar-refractivity contribution in [2.45, 2.75) is 12.5 Å². The molecule has 0 saturated carbocycles. The summed E-state index contributed by atoms with van der Waals surface area (Å²) in [6.45, 7) is 0. The molecule has 0 heterocycles. The summed E-state index contributed by atoms with van der Waals surface area (Å²) in [5.74, 6) is 2.48. The standard InChI is InChI=1S/C17H15NO/c1-2-16(13-14-9-5-3-6-10-14)18-17(19)15-11-7-4-8-12-15/h1,3-12,16H,13H2,(H,18,19)/t16-/m1/s1. The average molecular weight is 249 g/mol. The zero-order chi connectivity index (χ0) is 13.5. The van der Waals surface area contributed by atoms with Crippen LogP contribution in [0, 0.1) is 12.3 Å². The van der Waals surface area contributed by atoms with Crippen molar-refractivity contribution < 1.29 is 4.79 Å². The second kappa shape index (κ2) is 6.42. The number of hydrogen-bond donors (Lipinski definition) is 1. The van der Waals surface area contributed by atoms with Crippen molar-refractivity contribution in [1.82, 2.24) is 5.32 Å². The third kappa shape index (κ3) is 3.72. The molecule has 0 aliphatic heterocycles. The van der Waals surface area contributed by atoms with Crippen LogP contribution in [0.5, 0.6) is 0 Å². The molecule has 0 fully saturated rings. The molecule has 1 amide bonds. The van der Waals surface area contributed by atoms with Crippen LogP contribution in [-0.2, 0) is 6.42 Å². The number of hydrogen-bond acceptors (Lipinski definition) is 1. The van der Waals surface area contributed by atoms with Crippen molar-refractivity contribution in [2.24, 2.45) is 0 Å². The predicted molar refractivity (Wildman–Crippen MR) is 76.7 cm³/mol. The lowest BCUT2D eigenvalue weighted by atomic mass is 10.1. The van der Waals surface area contributed by atoms with Crippen LogP contribution in [0.2, 0.25) is 0 Å². The Morgan fingerprint density at radius 1 is 1.05 bits per heavy atom. The van der Waals surface area contributed by atoms with Crippen molar-refractivity contribution >= 4 is 5.91 Å². The number of carbonyl (C=O) groups excluding carboxylic acids is 1. The van der Waals surface area contributed by atoms with E-state index in [1.54, 1.807) is 12.1 Å². The Kier molecular flexibility index (Phi) is 4.36. The molecule has 2 aromatic rings. The largest absolute Gasteiger partial charge is 0.338 e. The van der Waals surface area contributed by atoms with Crippen LogP contribution in [0.25, 0.3) is 0 Å². The van der Waals surface area contributed by atoms with E-state index < -0.39 is 0 Å². The van der Waals surface area contributed by atoms with Crippen molar-refractivity contribution in [3.8, 4) is 12.3 Å². The Morgan fingerprint density at radius 2 is 1.63 bits per heavy atom. The van der Waals surface area contributed by atoms with E-state index in [9.17, 15) is 4.79 Å². The van der Waals surface area contributed by atoms with Gasteiger partial charge in [-0.1, -0.05) is 54.5 Å². The lowest BCUT2D eigenvalue weighted by Crippen LogP contribution is -2.35. The van der Waals surface area contributed by atoms with E-state index in [4.69, 9.17) is 6.42 Å². The Labute approximate surface area is 113 Å². The van der Waals surface area contributed by atoms with Gasteiger partial charge in [0.05, 0.1) is 6.04 Å². The van der Waals surface area contributed by atoms with Crippen LogP contribution in [0.3, 0.4) is 0 Å². The fourth-order valence-electron chi connectivity index (χ4n) is 1.83. The molecular weight excluding hydrogens is 234 g/mol. The molecule has 0 saturated heterocycles. The molecular formula is C17H15NO. The third-order valence-electron chi connectivity index (χ3n) is 2.83. The van der Waals surface area contributed by atoms with Crippen LogP contribution >= 0.6 is 0 Å². The average Bonchev–Trinajstić information content (AvgIpc) is 2.48. The molecule has 2 rings (SSSR count). The Balaban J connectivity index is 2.01. The predicted octanol–water partition coefficient (Wildman–Crippen LogP) is 2.66. The van der Waals surface area contributed by atoms with Crippen LogP contribution in [0.1, 0.15) is 15.9 Å². The smallest absolute Gasteiger partial charge is 0.252 e. The molecule has 0 unspecified atom stereocenters. The summed E-state index contributed by atoms with van der Waals surface area (Å²) in [5, 5.41) is 2.86. The highest BCUT2D eigenvalue weighted by Crippen LogP contribution is 2.04. The highest BCUT2D eigenvalue weighted by Gasteiger charge is 2.11. The Morgan fingerprint density at radius 3 is 2.21 bits per heavy atom. The van der Waals surface area contributed by atoms with Gasteiger partial charge in [-0.15, -0.1) is 6.42 Å². The van der Waals surface area contributed by atoms with Gasteiger partial charge in [0.2, 0.25) is 0 Å². The minimum Gasteiger partial charge on any atom is -0.338 e. The fraction of sp³-hybridized carbons (Fsp3) is 0.118. The maximum atomic E-state index is 12.0.